The van der Waals surface area contributed by atoms with Gasteiger partial charge in [-0.1, -0.05) is 24.3 Å². The van der Waals surface area contributed by atoms with E-state index in [0.717, 1.165) is 26.7 Å². The largest absolute Gasteiger partial charge is 0.350 e. The lowest BCUT2D eigenvalue weighted by molar-refractivity contribution is -0.126. The van der Waals surface area contributed by atoms with E-state index in [0.29, 0.717) is 32.5 Å². The van der Waals surface area contributed by atoms with E-state index in [2.05, 4.69) is 16.4 Å². The van der Waals surface area contributed by atoms with Gasteiger partial charge >= 0.3 is 0 Å². The fourth-order valence-corrected chi connectivity index (χ4v) is 5.19. The summed E-state index contributed by atoms with van der Waals surface area (Å²) in [5.74, 6) is 0.0653. The Morgan fingerprint density at radius 1 is 1.14 bits per heavy atom. The molecule has 0 spiro atoms. The molecule has 5 nitrogen and oxygen atoms in total. The summed E-state index contributed by atoms with van der Waals surface area (Å²) in [5, 5.41) is 8.05. The molecule has 0 aliphatic carbocycles. The van der Waals surface area contributed by atoms with E-state index in [1.54, 1.807) is 22.7 Å². The van der Waals surface area contributed by atoms with E-state index in [9.17, 15) is 9.59 Å². The molecule has 1 N–H and O–H groups in total. The highest BCUT2D eigenvalue weighted by molar-refractivity contribution is 7.20. The van der Waals surface area contributed by atoms with Crippen molar-refractivity contribution in [2.75, 3.05) is 13.1 Å². The average molecular weight is 426 g/mol. The first-order valence-electron chi connectivity index (χ1n) is 9.72. The van der Waals surface area contributed by atoms with E-state index in [1.807, 2.05) is 52.9 Å². The number of benzene rings is 1. The molecule has 1 aromatic carbocycles. The second-order valence-electron chi connectivity index (χ2n) is 7.22. The third-order valence-electron chi connectivity index (χ3n) is 5.26. The first-order chi connectivity index (χ1) is 14.1. The van der Waals surface area contributed by atoms with Gasteiger partial charge in [0.15, 0.2) is 0 Å². The summed E-state index contributed by atoms with van der Waals surface area (Å²) in [7, 11) is 0. The highest BCUT2D eigenvalue weighted by atomic mass is 32.1. The van der Waals surface area contributed by atoms with Gasteiger partial charge in [0, 0.05) is 30.0 Å². The van der Waals surface area contributed by atoms with E-state index in [4.69, 9.17) is 0 Å². The number of thiophene rings is 1. The molecule has 0 atom stereocenters. The van der Waals surface area contributed by atoms with Crippen molar-refractivity contribution in [2.24, 2.45) is 5.92 Å². The molecular formula is C22H23N3O2S2. The number of amides is 2. The summed E-state index contributed by atoms with van der Waals surface area (Å²) in [5.41, 5.74) is 2.63. The summed E-state index contributed by atoms with van der Waals surface area (Å²) < 4.78 is 0. The van der Waals surface area contributed by atoms with E-state index >= 15 is 0 Å². The molecule has 0 bridgehead atoms. The van der Waals surface area contributed by atoms with Crippen molar-refractivity contribution in [3.63, 3.8) is 0 Å². The minimum absolute atomic E-state index is 0.0497. The third kappa shape index (κ3) is 4.57. The summed E-state index contributed by atoms with van der Waals surface area (Å²) in [4.78, 5) is 32.9. The first-order valence-corrected chi connectivity index (χ1v) is 11.5. The summed E-state index contributed by atoms with van der Waals surface area (Å²) in [6, 6.07) is 11.7. The van der Waals surface area contributed by atoms with Gasteiger partial charge in [-0.3, -0.25) is 9.59 Å². The quantitative estimate of drug-likeness (QED) is 0.661. The van der Waals surface area contributed by atoms with Gasteiger partial charge in [-0.25, -0.2) is 4.98 Å². The van der Waals surface area contributed by atoms with Crippen molar-refractivity contribution in [2.45, 2.75) is 26.3 Å². The molecule has 29 heavy (non-hydrogen) atoms. The number of thiazole rings is 1. The number of aromatic nitrogens is 1. The maximum atomic E-state index is 12.7. The van der Waals surface area contributed by atoms with Gasteiger partial charge in [0.2, 0.25) is 5.91 Å². The fourth-order valence-electron chi connectivity index (χ4n) is 3.55. The van der Waals surface area contributed by atoms with Gasteiger partial charge in [0.25, 0.3) is 5.91 Å². The zero-order valence-electron chi connectivity index (χ0n) is 16.3. The Bertz CT molecular complexity index is 989. The molecule has 0 saturated carbocycles. The van der Waals surface area contributed by atoms with E-state index in [1.165, 1.54) is 0 Å². The Hall–Kier alpha value is -2.51. The highest BCUT2D eigenvalue weighted by Gasteiger charge is 2.28. The van der Waals surface area contributed by atoms with Crippen molar-refractivity contribution in [1.82, 2.24) is 15.2 Å². The highest BCUT2D eigenvalue weighted by Crippen LogP contribution is 2.28. The van der Waals surface area contributed by atoms with Crippen LogP contribution in [0.15, 0.2) is 47.2 Å². The van der Waals surface area contributed by atoms with Crippen molar-refractivity contribution in [3.05, 3.63) is 64.0 Å². The van der Waals surface area contributed by atoms with Crippen LogP contribution in [0.1, 0.15) is 34.5 Å². The number of carbonyl (C=O) groups excluding carboxylic acids is 2. The molecule has 2 aromatic heterocycles. The molecule has 4 rings (SSSR count). The zero-order chi connectivity index (χ0) is 20.2. The summed E-state index contributed by atoms with van der Waals surface area (Å²) in [6.45, 7) is 3.63. The van der Waals surface area contributed by atoms with Crippen molar-refractivity contribution < 1.29 is 9.59 Å². The minimum Gasteiger partial charge on any atom is -0.350 e. The minimum atomic E-state index is -0.0497. The number of hydrogen-bond acceptors (Lipinski definition) is 5. The van der Waals surface area contributed by atoms with Crippen LogP contribution in [0.3, 0.4) is 0 Å². The second-order valence-corrected chi connectivity index (χ2v) is 9.03. The van der Waals surface area contributed by atoms with Gasteiger partial charge in [0.1, 0.15) is 5.01 Å². The molecule has 1 fully saturated rings. The van der Waals surface area contributed by atoms with Crippen molar-refractivity contribution >= 4 is 34.5 Å². The molecule has 1 aliphatic rings. The number of rotatable bonds is 5. The van der Waals surface area contributed by atoms with Crippen LogP contribution in [0.5, 0.6) is 0 Å². The van der Waals surface area contributed by atoms with Crippen LogP contribution in [0.2, 0.25) is 0 Å². The third-order valence-corrected chi connectivity index (χ3v) is 7.19. The molecule has 3 aromatic rings. The molecule has 3 heterocycles. The lowest BCUT2D eigenvalue weighted by Gasteiger charge is -2.31. The Balaban J connectivity index is 1.27. The van der Waals surface area contributed by atoms with Gasteiger partial charge in [-0.05, 0) is 42.8 Å². The molecule has 2 amide bonds. The van der Waals surface area contributed by atoms with Crippen LogP contribution in [-0.4, -0.2) is 34.8 Å². The normalized spacial score (nSPS) is 14.7. The molecule has 7 heteroatoms. The van der Waals surface area contributed by atoms with Crippen LogP contribution in [-0.2, 0) is 11.3 Å². The van der Waals surface area contributed by atoms with Gasteiger partial charge < -0.3 is 10.2 Å². The van der Waals surface area contributed by atoms with Gasteiger partial charge in [0.05, 0.1) is 17.1 Å². The maximum absolute atomic E-state index is 12.7. The smallest absolute Gasteiger partial charge is 0.254 e. The fraction of sp³-hybridized carbons (Fsp3) is 0.318. The maximum Gasteiger partial charge on any atom is 0.254 e. The Morgan fingerprint density at radius 2 is 1.93 bits per heavy atom. The first kappa shape index (κ1) is 19.8. The van der Waals surface area contributed by atoms with Gasteiger partial charge in [-0.15, -0.1) is 22.7 Å². The number of nitrogens with one attached hydrogen (secondary N) is 1. The number of carbonyl (C=O) groups is 2. The lowest BCUT2D eigenvalue weighted by Crippen LogP contribution is -2.43. The standard InChI is InChI=1S/C22H23N3O2S2/c1-15-5-2-3-6-18(15)22(27)25-10-8-16(9-11-25)20(26)23-13-17-14-29-21(24-17)19-7-4-12-28-19/h2-7,12,14,16H,8-11,13H2,1H3,(H,23,26). The monoisotopic (exact) mass is 425 g/mol. The number of hydrogen-bond donors (Lipinski definition) is 1. The lowest BCUT2D eigenvalue weighted by atomic mass is 9.95. The Kier molecular flexibility index (Phi) is 6.06. The zero-order valence-corrected chi connectivity index (χ0v) is 17.9. The number of aryl methyl sites for hydroxylation is 1. The topological polar surface area (TPSA) is 62.3 Å². The van der Waals surface area contributed by atoms with E-state index in [-0.39, 0.29) is 17.7 Å². The Morgan fingerprint density at radius 3 is 2.66 bits per heavy atom. The second kappa shape index (κ2) is 8.88. The van der Waals surface area contributed by atoms with Gasteiger partial charge in [-0.2, -0.15) is 0 Å². The number of likely N-dealkylation sites (tertiary alicyclic amines) is 1. The van der Waals surface area contributed by atoms with Crippen LogP contribution in [0.25, 0.3) is 9.88 Å². The number of nitrogens with zero attached hydrogens (tertiary/aromatic N) is 2. The van der Waals surface area contributed by atoms with Crippen molar-refractivity contribution in [1.29, 1.82) is 0 Å². The van der Waals surface area contributed by atoms with Crippen LogP contribution in [0, 0.1) is 12.8 Å². The summed E-state index contributed by atoms with van der Waals surface area (Å²) in [6.07, 6.45) is 1.39. The molecule has 0 unspecified atom stereocenters. The molecule has 1 aliphatic heterocycles. The summed E-state index contributed by atoms with van der Waals surface area (Å²) >= 11 is 3.27. The average Bonchev–Trinajstić information content (AvgIpc) is 3.44. The predicted octanol–water partition coefficient (Wildman–Crippen LogP) is 4.35. The van der Waals surface area contributed by atoms with E-state index < -0.39 is 0 Å². The van der Waals surface area contributed by atoms with Crippen LogP contribution in [0.4, 0.5) is 0 Å². The number of piperidine rings is 1. The van der Waals surface area contributed by atoms with Crippen molar-refractivity contribution in [3.8, 4) is 9.88 Å². The van der Waals surface area contributed by atoms with Crippen LogP contribution < -0.4 is 5.32 Å². The molecular weight excluding hydrogens is 402 g/mol. The van der Waals surface area contributed by atoms with Crippen LogP contribution >= 0.6 is 22.7 Å². The predicted molar refractivity (Wildman–Crippen MR) is 117 cm³/mol. The molecule has 0 radical (unpaired) electrons. The molecule has 150 valence electrons. The molecule has 1 saturated heterocycles. The Labute approximate surface area is 178 Å². The SMILES string of the molecule is Cc1ccccc1C(=O)N1CCC(C(=O)NCc2csc(-c3cccs3)n2)CC1.